The normalized spacial score (nSPS) is 10.9. The molecule has 0 spiro atoms. The molecule has 2 aromatic rings. The molecule has 1 N–H and O–H groups in total. The second kappa shape index (κ2) is 6.22. The van der Waals surface area contributed by atoms with Crippen molar-refractivity contribution in [3.05, 3.63) is 40.7 Å². The van der Waals surface area contributed by atoms with Crippen molar-refractivity contribution in [2.75, 3.05) is 7.05 Å². The molecule has 0 atom stereocenters. The molecule has 0 aliphatic carbocycles. The van der Waals surface area contributed by atoms with E-state index in [0.717, 1.165) is 41.2 Å². The molecule has 1 aromatic heterocycles. The Morgan fingerprint density at radius 3 is 2.79 bits per heavy atom. The van der Waals surface area contributed by atoms with E-state index in [1.807, 2.05) is 24.0 Å². The van der Waals surface area contributed by atoms with Crippen LogP contribution < -0.4 is 5.32 Å². The monoisotopic (exact) mass is 277 g/mol. The average molecular weight is 278 g/mol. The molecule has 0 saturated heterocycles. The number of aryl methyl sites for hydroxylation is 1. The minimum absolute atomic E-state index is 0.785. The largest absolute Gasteiger partial charge is 0.316 e. The lowest BCUT2D eigenvalue weighted by Gasteiger charge is -2.07. The van der Waals surface area contributed by atoms with Crippen LogP contribution in [-0.4, -0.2) is 16.8 Å². The molecule has 0 bridgehead atoms. The number of nitrogens with zero attached hydrogens (tertiary/aromatic N) is 2. The number of hydrogen-bond acceptors (Lipinski definition) is 2. The maximum absolute atomic E-state index is 6.31. The van der Waals surface area contributed by atoms with Crippen LogP contribution in [0.1, 0.15) is 24.6 Å². The smallest absolute Gasteiger partial charge is 0.0571 e. The first kappa shape index (κ1) is 14.1. The van der Waals surface area contributed by atoms with E-state index in [-0.39, 0.29) is 0 Å². The van der Waals surface area contributed by atoms with Gasteiger partial charge in [-0.25, -0.2) is 0 Å². The van der Waals surface area contributed by atoms with E-state index in [0.29, 0.717) is 0 Å². The van der Waals surface area contributed by atoms with Gasteiger partial charge in [0.1, 0.15) is 0 Å². The maximum Gasteiger partial charge on any atom is 0.0571 e. The van der Waals surface area contributed by atoms with Crippen molar-refractivity contribution in [2.24, 2.45) is 0 Å². The molecule has 1 heterocycles. The van der Waals surface area contributed by atoms with Crippen molar-refractivity contribution in [3.8, 4) is 11.1 Å². The van der Waals surface area contributed by atoms with Gasteiger partial charge in [0.25, 0.3) is 0 Å². The Labute approximate surface area is 119 Å². The van der Waals surface area contributed by atoms with Crippen molar-refractivity contribution in [2.45, 2.75) is 33.4 Å². The Bertz CT molecular complexity index is 561. The van der Waals surface area contributed by atoms with Gasteiger partial charge >= 0.3 is 0 Å². The molecule has 4 heteroatoms. The van der Waals surface area contributed by atoms with Gasteiger partial charge in [-0.05, 0) is 37.6 Å². The Hall–Kier alpha value is -1.32. The van der Waals surface area contributed by atoms with Gasteiger partial charge in [-0.15, -0.1) is 0 Å². The minimum Gasteiger partial charge on any atom is -0.316 e. The lowest BCUT2D eigenvalue weighted by molar-refractivity contribution is 0.587. The minimum atomic E-state index is 0.785. The summed E-state index contributed by atoms with van der Waals surface area (Å²) in [4.78, 5) is 0. The summed E-state index contributed by atoms with van der Waals surface area (Å²) in [6.07, 6.45) is 3.01. The predicted molar refractivity (Wildman–Crippen MR) is 80.5 cm³/mol. The van der Waals surface area contributed by atoms with Gasteiger partial charge in [0.05, 0.1) is 6.20 Å². The maximum atomic E-state index is 6.31. The van der Waals surface area contributed by atoms with Crippen LogP contribution in [0.25, 0.3) is 11.1 Å². The molecule has 0 unspecified atom stereocenters. The fourth-order valence-corrected chi connectivity index (χ4v) is 2.46. The molecule has 0 fully saturated rings. The zero-order valence-corrected chi connectivity index (χ0v) is 12.5. The van der Waals surface area contributed by atoms with Gasteiger partial charge in [-0.2, -0.15) is 5.10 Å². The highest BCUT2D eigenvalue weighted by Gasteiger charge is 2.09. The number of rotatable bonds is 5. The lowest BCUT2D eigenvalue weighted by Crippen LogP contribution is -2.05. The van der Waals surface area contributed by atoms with Gasteiger partial charge in [-0.1, -0.05) is 30.7 Å². The first-order valence-electron chi connectivity index (χ1n) is 6.63. The Morgan fingerprint density at radius 1 is 1.37 bits per heavy atom. The summed E-state index contributed by atoms with van der Waals surface area (Å²) in [7, 11) is 1.92. The molecule has 0 radical (unpaired) electrons. The molecule has 102 valence electrons. The third kappa shape index (κ3) is 2.99. The van der Waals surface area contributed by atoms with Gasteiger partial charge < -0.3 is 5.32 Å². The highest BCUT2D eigenvalue weighted by molar-refractivity contribution is 6.31. The highest BCUT2D eigenvalue weighted by Crippen LogP contribution is 2.28. The van der Waals surface area contributed by atoms with Crippen LogP contribution in [0.5, 0.6) is 0 Å². The van der Waals surface area contributed by atoms with Crippen LogP contribution in [0.4, 0.5) is 0 Å². The van der Waals surface area contributed by atoms with Crippen molar-refractivity contribution in [1.82, 2.24) is 15.1 Å². The van der Waals surface area contributed by atoms with E-state index in [2.05, 4.69) is 36.4 Å². The quantitative estimate of drug-likeness (QED) is 0.904. The zero-order chi connectivity index (χ0) is 13.8. The third-order valence-corrected chi connectivity index (χ3v) is 3.62. The van der Waals surface area contributed by atoms with Gasteiger partial charge in [0.15, 0.2) is 0 Å². The van der Waals surface area contributed by atoms with E-state index >= 15 is 0 Å². The van der Waals surface area contributed by atoms with Crippen molar-refractivity contribution in [1.29, 1.82) is 0 Å². The SMILES string of the molecule is CCCn1ncc(-c2ccc(CNC)c(Cl)c2)c1C. The topological polar surface area (TPSA) is 29.9 Å². The summed E-state index contributed by atoms with van der Waals surface area (Å²) >= 11 is 6.31. The van der Waals surface area contributed by atoms with E-state index in [1.165, 1.54) is 5.69 Å². The standard InChI is InChI=1S/C15H20ClN3/c1-4-7-19-11(2)14(10-18-19)12-5-6-13(9-17-3)15(16)8-12/h5-6,8,10,17H,4,7,9H2,1-3H3. The van der Waals surface area contributed by atoms with Gasteiger partial charge in [0.2, 0.25) is 0 Å². The Kier molecular flexibility index (Phi) is 4.61. The van der Waals surface area contributed by atoms with Crippen LogP contribution in [-0.2, 0) is 13.1 Å². The van der Waals surface area contributed by atoms with Crippen molar-refractivity contribution < 1.29 is 0 Å². The molecule has 2 rings (SSSR count). The fourth-order valence-electron chi connectivity index (χ4n) is 2.22. The average Bonchev–Trinajstić information content (AvgIpc) is 2.75. The number of aromatic nitrogens is 2. The molecular formula is C15H20ClN3. The first-order chi connectivity index (χ1) is 9.17. The van der Waals surface area contributed by atoms with Crippen LogP contribution >= 0.6 is 11.6 Å². The van der Waals surface area contributed by atoms with Gasteiger partial charge in [0, 0.05) is 29.4 Å². The number of nitrogens with one attached hydrogen (secondary N) is 1. The van der Waals surface area contributed by atoms with Gasteiger partial charge in [-0.3, -0.25) is 4.68 Å². The predicted octanol–water partition coefficient (Wildman–Crippen LogP) is 3.64. The fraction of sp³-hybridized carbons (Fsp3) is 0.400. The van der Waals surface area contributed by atoms with E-state index in [4.69, 9.17) is 11.6 Å². The third-order valence-electron chi connectivity index (χ3n) is 3.27. The molecule has 3 nitrogen and oxygen atoms in total. The van der Waals surface area contributed by atoms with Crippen LogP contribution in [0.2, 0.25) is 5.02 Å². The molecule has 0 aliphatic heterocycles. The van der Waals surface area contributed by atoms with Crippen LogP contribution in [0.15, 0.2) is 24.4 Å². The summed E-state index contributed by atoms with van der Waals surface area (Å²) in [5, 5.41) is 8.35. The Balaban J connectivity index is 2.34. The van der Waals surface area contributed by atoms with Crippen molar-refractivity contribution in [3.63, 3.8) is 0 Å². The summed E-state index contributed by atoms with van der Waals surface area (Å²) in [6, 6.07) is 6.21. The number of halogens is 1. The number of hydrogen-bond donors (Lipinski definition) is 1. The highest BCUT2D eigenvalue weighted by atomic mass is 35.5. The Morgan fingerprint density at radius 2 is 2.16 bits per heavy atom. The zero-order valence-electron chi connectivity index (χ0n) is 11.7. The van der Waals surface area contributed by atoms with E-state index < -0.39 is 0 Å². The first-order valence-corrected chi connectivity index (χ1v) is 7.01. The lowest BCUT2D eigenvalue weighted by atomic mass is 10.0. The molecule has 0 amide bonds. The van der Waals surface area contributed by atoms with E-state index in [1.54, 1.807) is 0 Å². The van der Waals surface area contributed by atoms with Crippen molar-refractivity contribution >= 4 is 11.6 Å². The second-order valence-corrected chi connectivity index (χ2v) is 5.11. The summed E-state index contributed by atoms with van der Waals surface area (Å²) in [6.45, 7) is 6.00. The molecular weight excluding hydrogens is 258 g/mol. The molecule has 1 aromatic carbocycles. The summed E-state index contributed by atoms with van der Waals surface area (Å²) in [5.74, 6) is 0. The van der Waals surface area contributed by atoms with Crippen LogP contribution in [0.3, 0.4) is 0 Å². The van der Waals surface area contributed by atoms with Crippen LogP contribution in [0, 0.1) is 6.92 Å². The number of benzene rings is 1. The second-order valence-electron chi connectivity index (χ2n) is 4.70. The molecule has 0 aliphatic rings. The molecule has 19 heavy (non-hydrogen) atoms. The summed E-state index contributed by atoms with van der Waals surface area (Å²) < 4.78 is 2.05. The molecule has 0 saturated carbocycles. The van der Waals surface area contributed by atoms with E-state index in [9.17, 15) is 0 Å². The summed E-state index contributed by atoms with van der Waals surface area (Å²) in [5.41, 5.74) is 4.60.